The Hall–Kier alpha value is -1.43. The molecule has 6 heteroatoms. The zero-order valence-electron chi connectivity index (χ0n) is 7.72. The van der Waals surface area contributed by atoms with E-state index < -0.39 is 5.97 Å². The number of hydrogen-bond donors (Lipinski definition) is 1. The predicted molar refractivity (Wildman–Crippen MR) is 56.6 cm³/mol. The number of aliphatic carboxylic acids is 1. The summed E-state index contributed by atoms with van der Waals surface area (Å²) in [4.78, 5) is 14.6. The van der Waals surface area contributed by atoms with Gasteiger partial charge in [-0.1, -0.05) is 0 Å². The van der Waals surface area contributed by atoms with Gasteiger partial charge < -0.3 is 5.11 Å². The Morgan fingerprint density at radius 2 is 2.40 bits per heavy atom. The van der Waals surface area contributed by atoms with Crippen LogP contribution in [0.2, 0.25) is 0 Å². The van der Waals surface area contributed by atoms with Crippen molar-refractivity contribution in [2.45, 2.75) is 12.8 Å². The van der Waals surface area contributed by atoms with Crippen molar-refractivity contribution in [2.24, 2.45) is 0 Å². The summed E-state index contributed by atoms with van der Waals surface area (Å²) in [7, 11) is 0. The number of carboxylic acid groups (broad SMARTS) is 1. The van der Waals surface area contributed by atoms with E-state index in [1.807, 2.05) is 12.1 Å². The van der Waals surface area contributed by atoms with E-state index in [2.05, 4.69) is 26.0 Å². The minimum Gasteiger partial charge on any atom is -0.481 e. The van der Waals surface area contributed by atoms with Crippen LogP contribution in [-0.2, 0) is 11.2 Å². The fourth-order valence-corrected chi connectivity index (χ4v) is 1.67. The number of halogens is 1. The van der Waals surface area contributed by atoms with Crippen molar-refractivity contribution in [1.82, 2.24) is 14.6 Å². The van der Waals surface area contributed by atoms with Crippen molar-refractivity contribution in [3.63, 3.8) is 0 Å². The summed E-state index contributed by atoms with van der Waals surface area (Å²) in [5, 5.41) is 12.7. The lowest BCUT2D eigenvalue weighted by atomic mass is 10.3. The molecule has 2 heterocycles. The van der Waals surface area contributed by atoms with Gasteiger partial charge in [-0.15, -0.1) is 0 Å². The van der Waals surface area contributed by atoms with Crippen LogP contribution in [0.5, 0.6) is 0 Å². The maximum atomic E-state index is 10.4. The molecule has 0 fully saturated rings. The molecule has 1 N–H and O–H groups in total. The molecule has 5 nitrogen and oxygen atoms in total. The quantitative estimate of drug-likeness (QED) is 0.917. The Bertz CT molecular complexity index is 509. The first-order valence-corrected chi connectivity index (χ1v) is 5.17. The zero-order chi connectivity index (χ0) is 10.8. The van der Waals surface area contributed by atoms with Gasteiger partial charge in [0.25, 0.3) is 0 Å². The second-order valence-electron chi connectivity index (χ2n) is 3.05. The van der Waals surface area contributed by atoms with Gasteiger partial charge in [-0.05, 0) is 28.1 Å². The van der Waals surface area contributed by atoms with Gasteiger partial charge in [0.05, 0.1) is 10.9 Å². The van der Waals surface area contributed by atoms with E-state index in [0.29, 0.717) is 17.9 Å². The van der Waals surface area contributed by atoms with Gasteiger partial charge in [0.2, 0.25) is 0 Å². The van der Waals surface area contributed by atoms with Gasteiger partial charge in [0, 0.05) is 12.6 Å². The molecule has 0 unspecified atom stereocenters. The number of carbonyl (C=O) groups is 1. The molecule has 2 rings (SSSR count). The fraction of sp³-hybridized carbons (Fsp3) is 0.222. The highest BCUT2D eigenvalue weighted by molar-refractivity contribution is 9.10. The molecular weight excluding hydrogens is 262 g/mol. The molecule has 15 heavy (non-hydrogen) atoms. The average Bonchev–Trinajstić information content (AvgIpc) is 2.59. The van der Waals surface area contributed by atoms with Crippen LogP contribution in [0.15, 0.2) is 22.8 Å². The number of fused-ring (bicyclic) bond motifs is 1. The van der Waals surface area contributed by atoms with Crippen molar-refractivity contribution >= 4 is 27.5 Å². The third kappa shape index (κ3) is 2.15. The molecule has 0 aliphatic heterocycles. The average molecular weight is 270 g/mol. The van der Waals surface area contributed by atoms with Crippen LogP contribution in [0, 0.1) is 0 Å². The monoisotopic (exact) mass is 269 g/mol. The summed E-state index contributed by atoms with van der Waals surface area (Å²) in [5.41, 5.74) is 0.706. The number of pyridine rings is 1. The molecule has 2 aromatic heterocycles. The number of nitrogens with zero attached hydrogens (tertiary/aromatic N) is 3. The van der Waals surface area contributed by atoms with Crippen LogP contribution in [0.4, 0.5) is 0 Å². The third-order valence-corrected chi connectivity index (χ3v) is 2.54. The first-order valence-electron chi connectivity index (χ1n) is 4.38. The van der Waals surface area contributed by atoms with Crippen molar-refractivity contribution in [2.75, 3.05) is 0 Å². The molecule has 0 spiro atoms. The number of aryl methyl sites for hydroxylation is 1. The summed E-state index contributed by atoms with van der Waals surface area (Å²) < 4.78 is 2.47. The number of carboxylic acids is 1. The van der Waals surface area contributed by atoms with Crippen LogP contribution in [0.3, 0.4) is 0 Å². The second-order valence-corrected chi connectivity index (χ2v) is 3.90. The summed E-state index contributed by atoms with van der Waals surface area (Å²) in [6.07, 6.45) is 2.18. The highest BCUT2D eigenvalue weighted by atomic mass is 79.9. The second kappa shape index (κ2) is 3.98. The van der Waals surface area contributed by atoms with E-state index in [1.165, 1.54) is 0 Å². The molecule has 0 aliphatic carbocycles. The number of aromatic nitrogens is 3. The lowest BCUT2D eigenvalue weighted by Gasteiger charge is -1.90. The zero-order valence-corrected chi connectivity index (χ0v) is 9.31. The van der Waals surface area contributed by atoms with Gasteiger partial charge in [-0.3, -0.25) is 4.79 Å². The smallest absolute Gasteiger partial charge is 0.303 e. The van der Waals surface area contributed by atoms with Crippen molar-refractivity contribution in [3.8, 4) is 0 Å². The van der Waals surface area contributed by atoms with E-state index in [9.17, 15) is 4.79 Å². The lowest BCUT2D eigenvalue weighted by Crippen LogP contribution is -1.99. The van der Waals surface area contributed by atoms with Crippen molar-refractivity contribution in [1.29, 1.82) is 0 Å². The molecule has 0 saturated heterocycles. The van der Waals surface area contributed by atoms with Gasteiger partial charge in [-0.25, -0.2) is 9.50 Å². The predicted octanol–water partition coefficient (Wildman–Crippen LogP) is 1.51. The minimum absolute atomic E-state index is 0.0501. The van der Waals surface area contributed by atoms with Gasteiger partial charge >= 0.3 is 5.97 Å². The largest absolute Gasteiger partial charge is 0.481 e. The maximum Gasteiger partial charge on any atom is 0.303 e. The molecule has 0 aromatic carbocycles. The molecule has 78 valence electrons. The van der Waals surface area contributed by atoms with E-state index in [0.717, 1.165) is 4.47 Å². The lowest BCUT2D eigenvalue weighted by molar-refractivity contribution is -0.137. The van der Waals surface area contributed by atoms with Crippen molar-refractivity contribution in [3.05, 3.63) is 28.6 Å². The first kappa shape index (κ1) is 10.1. The highest BCUT2D eigenvalue weighted by Gasteiger charge is 2.07. The minimum atomic E-state index is -0.840. The normalized spacial score (nSPS) is 10.7. The van der Waals surface area contributed by atoms with E-state index in [-0.39, 0.29) is 6.42 Å². The Morgan fingerprint density at radius 3 is 3.07 bits per heavy atom. The summed E-state index contributed by atoms with van der Waals surface area (Å²) >= 11 is 3.35. The summed E-state index contributed by atoms with van der Waals surface area (Å²) in [6, 6.07) is 3.71. The van der Waals surface area contributed by atoms with Crippen LogP contribution >= 0.6 is 15.9 Å². The van der Waals surface area contributed by atoms with Gasteiger partial charge in [-0.2, -0.15) is 5.10 Å². The SMILES string of the molecule is O=C(O)CCc1nc2c(Br)cccn2n1. The molecule has 0 saturated carbocycles. The van der Waals surface area contributed by atoms with E-state index >= 15 is 0 Å². The molecule has 0 aliphatic rings. The Labute approximate surface area is 93.9 Å². The van der Waals surface area contributed by atoms with Crippen LogP contribution in [0.1, 0.15) is 12.2 Å². The van der Waals surface area contributed by atoms with Gasteiger partial charge in [0.1, 0.15) is 0 Å². The highest BCUT2D eigenvalue weighted by Crippen LogP contribution is 2.15. The number of hydrogen-bond acceptors (Lipinski definition) is 3. The number of rotatable bonds is 3. The van der Waals surface area contributed by atoms with Crippen LogP contribution in [-0.4, -0.2) is 25.7 Å². The summed E-state index contributed by atoms with van der Waals surface area (Å²) in [6.45, 7) is 0. The first-order chi connectivity index (χ1) is 7.16. The molecule has 0 radical (unpaired) electrons. The van der Waals surface area contributed by atoms with E-state index in [4.69, 9.17) is 5.11 Å². The van der Waals surface area contributed by atoms with Crippen LogP contribution in [0.25, 0.3) is 5.65 Å². The van der Waals surface area contributed by atoms with Gasteiger partial charge in [0.15, 0.2) is 11.5 Å². The Balaban J connectivity index is 2.31. The fourth-order valence-electron chi connectivity index (χ4n) is 1.24. The Morgan fingerprint density at radius 1 is 1.60 bits per heavy atom. The molecule has 0 atom stereocenters. The maximum absolute atomic E-state index is 10.4. The topological polar surface area (TPSA) is 67.5 Å². The molecule has 2 aromatic rings. The summed E-state index contributed by atoms with van der Waals surface area (Å²) in [5.74, 6) is -0.294. The molecule has 0 bridgehead atoms. The Kier molecular flexibility index (Phi) is 2.68. The molecule has 0 amide bonds. The van der Waals surface area contributed by atoms with Crippen LogP contribution < -0.4 is 0 Å². The standard InChI is InChI=1S/C9H8BrN3O2/c10-6-2-1-5-13-9(6)11-7(12-13)3-4-8(14)15/h1-2,5H,3-4H2,(H,14,15). The van der Waals surface area contributed by atoms with E-state index in [1.54, 1.807) is 10.7 Å². The third-order valence-electron chi connectivity index (χ3n) is 1.92. The molecular formula is C9H8BrN3O2. The van der Waals surface area contributed by atoms with Crippen molar-refractivity contribution < 1.29 is 9.90 Å².